The fourth-order valence-corrected chi connectivity index (χ4v) is 8.27. The van der Waals surface area contributed by atoms with Gasteiger partial charge in [-0.1, -0.05) is 239 Å². The maximum absolute atomic E-state index is 12.7. The first kappa shape index (κ1) is 58.0. The summed E-state index contributed by atoms with van der Waals surface area (Å²) in [4.78, 5) is 33.6. The Morgan fingerprint density at radius 3 is 1.12 bits per heavy atom. The topological polar surface area (TPSA) is 155 Å². The fourth-order valence-electron chi connectivity index (χ4n) is 7.49. The van der Waals surface area contributed by atoms with Crippen molar-refractivity contribution in [3.05, 3.63) is 0 Å². The van der Waals surface area contributed by atoms with Crippen molar-refractivity contribution in [1.29, 1.82) is 0 Å². The van der Waals surface area contributed by atoms with Crippen LogP contribution in [0.2, 0.25) is 0 Å². The minimum Gasteiger partial charge on any atom is -0.480 e. The number of phosphoric acid groups is 1. The number of carbonyl (C=O) groups excluding carboxylic acids is 1. The van der Waals surface area contributed by atoms with Gasteiger partial charge in [-0.3, -0.25) is 18.6 Å². The molecule has 0 heterocycles. The lowest BCUT2D eigenvalue weighted by Crippen LogP contribution is -2.34. The number of ether oxygens (including phenoxy) is 2. The van der Waals surface area contributed by atoms with Crippen LogP contribution in [0, 0.1) is 0 Å². The van der Waals surface area contributed by atoms with Crippen LogP contribution in [0.25, 0.3) is 0 Å². The molecule has 0 radical (unpaired) electrons. The minimum absolute atomic E-state index is 0.0263. The van der Waals surface area contributed by atoms with Gasteiger partial charge in [0.1, 0.15) is 12.1 Å². The molecule has 0 saturated carbocycles. The van der Waals surface area contributed by atoms with Gasteiger partial charge < -0.3 is 25.2 Å². The van der Waals surface area contributed by atoms with Crippen LogP contribution in [-0.2, 0) is 32.7 Å². The minimum atomic E-state index is -4.61. The van der Waals surface area contributed by atoms with Gasteiger partial charge in [-0.25, -0.2) is 4.57 Å². The van der Waals surface area contributed by atoms with Gasteiger partial charge in [0.05, 0.1) is 19.8 Å². The Balaban J connectivity index is 4.10. The Morgan fingerprint density at radius 1 is 0.475 bits per heavy atom. The third-order valence-corrected chi connectivity index (χ3v) is 12.3. The van der Waals surface area contributed by atoms with Gasteiger partial charge in [-0.05, 0) is 12.8 Å². The monoisotopic (exact) mass is 862 g/mol. The van der Waals surface area contributed by atoms with E-state index in [9.17, 15) is 19.0 Å². The van der Waals surface area contributed by atoms with E-state index in [4.69, 9.17) is 29.4 Å². The smallest absolute Gasteiger partial charge is 0.472 e. The predicted octanol–water partition coefficient (Wildman–Crippen LogP) is 14.3. The van der Waals surface area contributed by atoms with Crippen LogP contribution in [0.5, 0.6) is 0 Å². The maximum atomic E-state index is 12.7. The molecule has 352 valence electrons. The number of rotatable bonds is 49. The highest BCUT2D eigenvalue weighted by molar-refractivity contribution is 7.47. The molecule has 0 bridgehead atoms. The van der Waals surface area contributed by atoms with E-state index in [2.05, 4.69) is 13.8 Å². The number of hydrogen-bond donors (Lipinski definition) is 3. The van der Waals surface area contributed by atoms with Gasteiger partial charge in [0.25, 0.3) is 0 Å². The number of unbranched alkanes of at least 4 members (excludes halogenated alkanes) is 35. The summed E-state index contributed by atoms with van der Waals surface area (Å²) in [5.74, 6) is -1.76. The molecule has 0 aromatic rings. The average Bonchev–Trinajstić information content (AvgIpc) is 3.21. The molecule has 0 spiro atoms. The van der Waals surface area contributed by atoms with Crippen LogP contribution in [0.3, 0.4) is 0 Å². The first-order chi connectivity index (χ1) is 28.7. The third-order valence-electron chi connectivity index (χ3n) is 11.4. The van der Waals surface area contributed by atoms with Gasteiger partial charge in [-0.15, -0.1) is 0 Å². The van der Waals surface area contributed by atoms with Crippen molar-refractivity contribution in [3.63, 3.8) is 0 Å². The van der Waals surface area contributed by atoms with Crippen molar-refractivity contribution in [2.45, 2.75) is 270 Å². The summed E-state index contributed by atoms with van der Waals surface area (Å²) in [6, 6.07) is -1.47. The van der Waals surface area contributed by atoms with Crippen LogP contribution in [0.4, 0.5) is 0 Å². The van der Waals surface area contributed by atoms with Gasteiger partial charge >= 0.3 is 19.8 Å². The number of esters is 1. The Hall–Kier alpha value is -1.03. The van der Waals surface area contributed by atoms with E-state index in [1.807, 2.05) is 0 Å². The summed E-state index contributed by atoms with van der Waals surface area (Å²) >= 11 is 0. The van der Waals surface area contributed by atoms with Crippen molar-refractivity contribution >= 4 is 19.8 Å². The molecule has 59 heavy (non-hydrogen) atoms. The van der Waals surface area contributed by atoms with Gasteiger partial charge in [0, 0.05) is 13.0 Å². The second kappa shape index (κ2) is 45.0. The quantitative estimate of drug-likeness (QED) is 0.0306. The van der Waals surface area contributed by atoms with Gasteiger partial charge in [0.15, 0.2) is 0 Å². The number of carbonyl (C=O) groups is 2. The molecule has 0 aliphatic heterocycles. The lowest BCUT2D eigenvalue weighted by molar-refractivity contribution is -0.154. The Morgan fingerprint density at radius 2 is 0.780 bits per heavy atom. The van der Waals surface area contributed by atoms with E-state index in [1.165, 1.54) is 199 Å². The number of carboxylic acid groups (broad SMARTS) is 1. The van der Waals surface area contributed by atoms with E-state index in [0.717, 1.165) is 38.5 Å². The molecule has 4 N–H and O–H groups in total. The van der Waals surface area contributed by atoms with E-state index >= 15 is 0 Å². The summed E-state index contributed by atoms with van der Waals surface area (Å²) < 4.78 is 33.5. The molecular weight excluding hydrogens is 766 g/mol. The summed E-state index contributed by atoms with van der Waals surface area (Å²) in [6.45, 7) is 3.96. The SMILES string of the molecule is CCCCCCCCCCCCCCCCCCCCCC(=O)O[C@H](COCCCCCCCCCCCCCCCCCCCC)COP(=O)(O)OC[C@H](N)C(=O)O. The molecule has 10 nitrogen and oxygen atoms in total. The summed E-state index contributed by atoms with van der Waals surface area (Å²) in [5.41, 5.74) is 5.37. The van der Waals surface area contributed by atoms with Crippen LogP contribution in [0.15, 0.2) is 0 Å². The van der Waals surface area contributed by atoms with Crippen LogP contribution >= 0.6 is 7.82 Å². The Kier molecular flexibility index (Phi) is 44.2. The first-order valence-corrected chi connectivity index (χ1v) is 26.6. The number of hydrogen-bond acceptors (Lipinski definition) is 8. The second-order valence-electron chi connectivity index (χ2n) is 17.3. The number of nitrogens with two attached hydrogens (primary N) is 1. The van der Waals surface area contributed by atoms with Crippen molar-refractivity contribution in [2.24, 2.45) is 5.73 Å². The van der Waals surface area contributed by atoms with E-state index in [-0.39, 0.29) is 13.0 Å². The Bertz CT molecular complexity index is 955. The molecule has 0 aromatic carbocycles. The number of aliphatic carboxylic acids is 1. The fraction of sp³-hybridized carbons (Fsp3) is 0.958. The molecule has 0 aromatic heterocycles. The van der Waals surface area contributed by atoms with Crippen molar-refractivity contribution in [1.82, 2.24) is 0 Å². The molecular formula is C48H96NO9P. The van der Waals surface area contributed by atoms with Crippen LogP contribution in [-0.4, -0.2) is 60.5 Å². The van der Waals surface area contributed by atoms with E-state index < -0.39 is 45.1 Å². The zero-order valence-electron chi connectivity index (χ0n) is 38.6. The highest BCUT2D eigenvalue weighted by Gasteiger charge is 2.27. The highest BCUT2D eigenvalue weighted by atomic mass is 31.2. The number of carboxylic acids is 1. The standard InChI is InChI=1S/C48H96NO9P/c1-3-5-7-9-11-13-15-17-19-21-23-24-26-28-30-32-34-36-38-40-47(50)58-45(43-56-59(53,54)57-44-46(49)48(51)52)42-55-41-39-37-35-33-31-29-27-25-22-20-18-16-14-12-10-8-6-4-2/h45-46H,3-44,49H2,1-2H3,(H,51,52)(H,53,54)/t45-,46+/m1/s1. The molecule has 1 unspecified atom stereocenters. The second-order valence-corrected chi connectivity index (χ2v) is 18.8. The zero-order valence-corrected chi connectivity index (χ0v) is 39.5. The van der Waals surface area contributed by atoms with Crippen molar-refractivity contribution in [2.75, 3.05) is 26.4 Å². The molecule has 11 heteroatoms. The lowest BCUT2D eigenvalue weighted by atomic mass is 10.0. The lowest BCUT2D eigenvalue weighted by Gasteiger charge is -2.20. The molecule has 0 rings (SSSR count). The van der Waals surface area contributed by atoms with Crippen LogP contribution in [0.1, 0.15) is 258 Å². The normalized spacial score (nSPS) is 13.7. The zero-order chi connectivity index (χ0) is 43.3. The van der Waals surface area contributed by atoms with Gasteiger partial charge in [0.2, 0.25) is 0 Å². The molecule has 3 atom stereocenters. The van der Waals surface area contributed by atoms with E-state index in [1.54, 1.807) is 0 Å². The highest BCUT2D eigenvalue weighted by Crippen LogP contribution is 2.43. The molecule has 0 amide bonds. The summed E-state index contributed by atoms with van der Waals surface area (Å²) in [7, 11) is -4.61. The van der Waals surface area contributed by atoms with Crippen molar-refractivity contribution in [3.8, 4) is 0 Å². The predicted molar refractivity (Wildman–Crippen MR) is 245 cm³/mol. The Labute approximate surface area is 363 Å². The maximum Gasteiger partial charge on any atom is 0.472 e. The summed E-state index contributed by atoms with van der Waals surface area (Å²) in [6.07, 6.45) is 47.3. The summed E-state index contributed by atoms with van der Waals surface area (Å²) in [5, 5.41) is 8.92. The molecule has 0 saturated heterocycles. The molecule has 0 aliphatic carbocycles. The molecule has 0 aliphatic rings. The van der Waals surface area contributed by atoms with Crippen LogP contribution < -0.4 is 5.73 Å². The first-order valence-electron chi connectivity index (χ1n) is 25.1. The third kappa shape index (κ3) is 44.8. The van der Waals surface area contributed by atoms with Crippen molar-refractivity contribution < 1.29 is 42.7 Å². The number of phosphoric ester groups is 1. The van der Waals surface area contributed by atoms with Gasteiger partial charge in [-0.2, -0.15) is 0 Å². The average molecular weight is 862 g/mol. The van der Waals surface area contributed by atoms with E-state index in [0.29, 0.717) is 6.61 Å². The molecule has 0 fully saturated rings. The largest absolute Gasteiger partial charge is 0.480 e.